The molecule has 0 radical (unpaired) electrons. The Morgan fingerprint density at radius 1 is 1.00 bits per heavy atom. The van der Waals surface area contributed by atoms with Gasteiger partial charge < -0.3 is 4.74 Å². The molecule has 0 aliphatic heterocycles. The van der Waals surface area contributed by atoms with Gasteiger partial charge in [-0.2, -0.15) is 8.78 Å². The van der Waals surface area contributed by atoms with Gasteiger partial charge in [0.25, 0.3) is 0 Å². The molecular weight excluding hydrogens is 274 g/mol. The maximum Gasteiger partial charge on any atom is 0.387 e. The number of ketones is 1. The van der Waals surface area contributed by atoms with Gasteiger partial charge in [-0.3, -0.25) is 4.79 Å². The predicted molar refractivity (Wildman–Crippen MR) is 75.5 cm³/mol. The highest BCUT2D eigenvalue weighted by molar-refractivity contribution is 5.86. The lowest BCUT2D eigenvalue weighted by Gasteiger charge is -2.24. The molecular formula is C17H14F2O2. The Bertz CT molecular complexity index is 642. The average molecular weight is 288 g/mol. The summed E-state index contributed by atoms with van der Waals surface area (Å²) in [7, 11) is 0. The Kier molecular flexibility index (Phi) is 3.69. The first kappa shape index (κ1) is 13.7. The van der Waals surface area contributed by atoms with Gasteiger partial charge in [0.05, 0.1) is 0 Å². The fourth-order valence-corrected chi connectivity index (χ4v) is 2.53. The van der Waals surface area contributed by atoms with E-state index in [1.54, 1.807) is 12.1 Å². The van der Waals surface area contributed by atoms with Crippen LogP contribution in [0.1, 0.15) is 24.3 Å². The number of hydrogen-bond donors (Lipinski definition) is 0. The van der Waals surface area contributed by atoms with E-state index >= 15 is 0 Å². The van der Waals surface area contributed by atoms with E-state index in [-0.39, 0.29) is 5.75 Å². The van der Waals surface area contributed by atoms with Crippen LogP contribution < -0.4 is 4.74 Å². The van der Waals surface area contributed by atoms with Crippen molar-refractivity contribution in [3.05, 3.63) is 54.1 Å². The molecule has 21 heavy (non-hydrogen) atoms. The molecule has 2 aromatic rings. The summed E-state index contributed by atoms with van der Waals surface area (Å²) < 4.78 is 28.6. The molecule has 4 heteroatoms. The highest BCUT2D eigenvalue weighted by Crippen LogP contribution is 2.35. The van der Waals surface area contributed by atoms with Crippen molar-refractivity contribution in [1.29, 1.82) is 0 Å². The minimum Gasteiger partial charge on any atom is -0.435 e. The zero-order valence-electron chi connectivity index (χ0n) is 11.3. The zero-order chi connectivity index (χ0) is 14.8. The largest absolute Gasteiger partial charge is 0.435 e. The molecule has 0 bridgehead atoms. The van der Waals surface area contributed by atoms with Gasteiger partial charge in [0, 0.05) is 12.8 Å². The van der Waals surface area contributed by atoms with Gasteiger partial charge in [-0.05, 0) is 34.7 Å². The molecule has 1 aliphatic carbocycles. The van der Waals surface area contributed by atoms with Gasteiger partial charge in [-0.25, -0.2) is 0 Å². The Hall–Kier alpha value is -2.23. The zero-order valence-corrected chi connectivity index (χ0v) is 11.3. The van der Waals surface area contributed by atoms with Crippen LogP contribution in [0.15, 0.2) is 48.5 Å². The number of halogens is 2. The van der Waals surface area contributed by atoms with Crippen LogP contribution in [0.4, 0.5) is 8.78 Å². The summed E-state index contributed by atoms with van der Waals surface area (Å²) in [6, 6.07) is 14.6. The Morgan fingerprint density at radius 2 is 1.71 bits per heavy atom. The van der Waals surface area contributed by atoms with Crippen molar-refractivity contribution in [3.8, 4) is 16.9 Å². The van der Waals surface area contributed by atoms with Gasteiger partial charge in [-0.15, -0.1) is 0 Å². The first-order chi connectivity index (χ1) is 10.1. The Balaban J connectivity index is 1.80. The van der Waals surface area contributed by atoms with Crippen molar-refractivity contribution in [2.45, 2.75) is 25.4 Å². The fraction of sp³-hybridized carbons (Fsp3) is 0.235. The highest BCUT2D eigenvalue weighted by Gasteiger charge is 2.27. The lowest BCUT2D eigenvalue weighted by molar-refractivity contribution is -0.124. The van der Waals surface area contributed by atoms with Gasteiger partial charge in [0.15, 0.2) is 0 Å². The molecule has 0 heterocycles. The second kappa shape index (κ2) is 5.64. The summed E-state index contributed by atoms with van der Waals surface area (Å²) >= 11 is 0. The molecule has 0 amide bonds. The molecule has 0 unspecified atom stereocenters. The molecule has 0 saturated heterocycles. The van der Waals surface area contributed by atoms with Gasteiger partial charge in [-0.1, -0.05) is 36.4 Å². The molecule has 2 aromatic carbocycles. The van der Waals surface area contributed by atoms with E-state index in [4.69, 9.17) is 0 Å². The van der Waals surface area contributed by atoms with Crippen LogP contribution in [0.2, 0.25) is 0 Å². The van der Waals surface area contributed by atoms with Crippen molar-refractivity contribution in [2.75, 3.05) is 0 Å². The normalized spacial score (nSPS) is 15.1. The summed E-state index contributed by atoms with van der Waals surface area (Å²) in [5.74, 6) is 0.771. The lowest BCUT2D eigenvalue weighted by atomic mass is 9.78. The smallest absolute Gasteiger partial charge is 0.387 e. The maximum absolute atomic E-state index is 12.1. The van der Waals surface area contributed by atoms with E-state index < -0.39 is 6.61 Å². The number of alkyl halides is 2. The van der Waals surface area contributed by atoms with E-state index in [1.165, 1.54) is 12.1 Å². The minimum atomic E-state index is -2.81. The number of carbonyl (C=O) groups excluding carboxylic acids is 1. The second-order valence-electron chi connectivity index (χ2n) is 5.17. The first-order valence-corrected chi connectivity index (χ1v) is 6.79. The molecule has 0 aromatic heterocycles. The number of carbonyl (C=O) groups is 1. The number of benzene rings is 2. The van der Waals surface area contributed by atoms with Crippen molar-refractivity contribution in [2.24, 2.45) is 0 Å². The molecule has 0 spiro atoms. The second-order valence-corrected chi connectivity index (χ2v) is 5.17. The summed E-state index contributed by atoms with van der Waals surface area (Å²) in [5.41, 5.74) is 3.10. The third-order valence-electron chi connectivity index (χ3n) is 3.72. The van der Waals surface area contributed by atoms with E-state index in [0.29, 0.717) is 24.5 Å². The molecule has 1 fully saturated rings. The average Bonchev–Trinajstić information content (AvgIpc) is 2.44. The van der Waals surface area contributed by atoms with E-state index in [1.807, 2.05) is 18.2 Å². The maximum atomic E-state index is 12.1. The third-order valence-corrected chi connectivity index (χ3v) is 3.72. The molecule has 108 valence electrons. The van der Waals surface area contributed by atoms with Crippen LogP contribution in [-0.2, 0) is 4.79 Å². The minimum absolute atomic E-state index is 0.148. The number of hydrogen-bond acceptors (Lipinski definition) is 2. The van der Waals surface area contributed by atoms with E-state index in [9.17, 15) is 13.6 Å². The number of ether oxygens (including phenoxy) is 1. The quantitative estimate of drug-likeness (QED) is 0.833. The molecule has 0 N–H and O–H groups in total. The van der Waals surface area contributed by atoms with Crippen LogP contribution in [0, 0.1) is 0 Å². The standard InChI is InChI=1S/C17H14F2O2/c18-17(19)21-16-6-4-11(5-7-16)12-2-1-3-13(8-12)14-9-15(20)10-14/h1-8,14,17H,9-10H2. The summed E-state index contributed by atoms with van der Waals surface area (Å²) in [6.45, 7) is -2.81. The predicted octanol–water partition coefficient (Wildman–Crippen LogP) is 4.40. The van der Waals surface area contributed by atoms with Gasteiger partial charge >= 0.3 is 6.61 Å². The summed E-state index contributed by atoms with van der Waals surface area (Å²) in [6.07, 6.45) is 1.23. The topological polar surface area (TPSA) is 26.3 Å². The van der Waals surface area contributed by atoms with Crippen molar-refractivity contribution >= 4 is 5.78 Å². The Morgan fingerprint density at radius 3 is 2.33 bits per heavy atom. The van der Waals surface area contributed by atoms with E-state index in [0.717, 1.165) is 16.7 Å². The molecule has 0 atom stereocenters. The monoisotopic (exact) mass is 288 g/mol. The molecule has 1 aliphatic rings. The van der Waals surface area contributed by atoms with Crippen LogP contribution in [0.5, 0.6) is 5.75 Å². The Labute approximate surface area is 121 Å². The lowest BCUT2D eigenvalue weighted by Crippen LogP contribution is -2.20. The fourth-order valence-electron chi connectivity index (χ4n) is 2.53. The number of Topliss-reactive ketones (excluding diaryl/α,β-unsaturated/α-hetero) is 1. The van der Waals surface area contributed by atoms with Crippen molar-refractivity contribution in [3.63, 3.8) is 0 Å². The van der Waals surface area contributed by atoms with Gasteiger partial charge in [0.1, 0.15) is 11.5 Å². The van der Waals surface area contributed by atoms with Crippen molar-refractivity contribution < 1.29 is 18.3 Å². The van der Waals surface area contributed by atoms with Crippen molar-refractivity contribution in [1.82, 2.24) is 0 Å². The van der Waals surface area contributed by atoms with Crippen LogP contribution in [0.3, 0.4) is 0 Å². The van der Waals surface area contributed by atoms with Crippen LogP contribution >= 0.6 is 0 Å². The van der Waals surface area contributed by atoms with Crippen LogP contribution in [-0.4, -0.2) is 12.4 Å². The van der Waals surface area contributed by atoms with E-state index in [2.05, 4.69) is 10.8 Å². The highest BCUT2D eigenvalue weighted by atomic mass is 19.3. The van der Waals surface area contributed by atoms with Crippen LogP contribution in [0.25, 0.3) is 11.1 Å². The van der Waals surface area contributed by atoms with Gasteiger partial charge in [0.2, 0.25) is 0 Å². The molecule has 3 rings (SSSR count). The SMILES string of the molecule is O=C1CC(c2cccc(-c3ccc(OC(F)F)cc3)c2)C1. The summed E-state index contributed by atoms with van der Waals surface area (Å²) in [5, 5.41) is 0. The molecule has 2 nitrogen and oxygen atoms in total. The molecule has 1 saturated carbocycles. The third kappa shape index (κ3) is 3.10. The first-order valence-electron chi connectivity index (χ1n) is 6.79. The number of rotatable bonds is 4. The summed E-state index contributed by atoms with van der Waals surface area (Å²) in [4.78, 5) is 11.1.